The highest BCUT2D eigenvalue weighted by molar-refractivity contribution is 5.94. The van der Waals surface area contributed by atoms with Gasteiger partial charge in [0.1, 0.15) is 0 Å². The van der Waals surface area contributed by atoms with Crippen LogP contribution in [0.15, 0.2) is 53.5 Å². The van der Waals surface area contributed by atoms with Gasteiger partial charge in [-0.15, -0.1) is 0 Å². The molecule has 0 spiro atoms. The van der Waals surface area contributed by atoms with Gasteiger partial charge in [0, 0.05) is 39.9 Å². The van der Waals surface area contributed by atoms with Gasteiger partial charge in [-0.1, -0.05) is 36.4 Å². The van der Waals surface area contributed by atoms with Crippen molar-refractivity contribution >= 4 is 11.9 Å². The second-order valence-corrected chi connectivity index (χ2v) is 7.02. The predicted molar refractivity (Wildman–Crippen MR) is 118 cm³/mol. The Balaban J connectivity index is 1.94. The number of nitrogens with zero attached hydrogens (tertiary/aromatic N) is 2. The molecule has 6 nitrogen and oxygen atoms in total. The van der Waals surface area contributed by atoms with E-state index in [4.69, 9.17) is 4.74 Å². The van der Waals surface area contributed by atoms with Gasteiger partial charge in [-0.25, -0.2) is 4.99 Å². The third-order valence-electron chi connectivity index (χ3n) is 4.35. The van der Waals surface area contributed by atoms with E-state index in [1.807, 2.05) is 37.3 Å². The molecular formula is C23H32N4O2. The maximum atomic E-state index is 12.1. The van der Waals surface area contributed by atoms with E-state index in [9.17, 15) is 4.79 Å². The largest absolute Gasteiger partial charge is 0.380 e. The third kappa shape index (κ3) is 7.58. The van der Waals surface area contributed by atoms with Crippen molar-refractivity contribution in [3.8, 4) is 0 Å². The van der Waals surface area contributed by atoms with E-state index in [0.717, 1.165) is 42.2 Å². The summed E-state index contributed by atoms with van der Waals surface area (Å²) in [4.78, 5) is 18.4. The van der Waals surface area contributed by atoms with Gasteiger partial charge >= 0.3 is 0 Å². The molecule has 2 N–H and O–H groups in total. The minimum absolute atomic E-state index is 0.0189. The van der Waals surface area contributed by atoms with Crippen molar-refractivity contribution in [2.24, 2.45) is 4.99 Å². The van der Waals surface area contributed by atoms with E-state index in [2.05, 4.69) is 33.8 Å². The van der Waals surface area contributed by atoms with E-state index in [-0.39, 0.29) is 5.91 Å². The summed E-state index contributed by atoms with van der Waals surface area (Å²) in [6.07, 6.45) is 0.808. The average molecular weight is 397 g/mol. The molecule has 0 aromatic heterocycles. The summed E-state index contributed by atoms with van der Waals surface area (Å²) in [5.41, 5.74) is 4.12. The molecule has 0 aliphatic heterocycles. The van der Waals surface area contributed by atoms with Crippen molar-refractivity contribution in [3.63, 3.8) is 0 Å². The second kappa shape index (κ2) is 11.9. The Morgan fingerprint density at radius 3 is 2.48 bits per heavy atom. The smallest absolute Gasteiger partial charge is 0.253 e. The number of carbonyl (C=O) groups is 1. The zero-order valence-electron chi connectivity index (χ0n) is 17.9. The van der Waals surface area contributed by atoms with Crippen molar-refractivity contribution < 1.29 is 9.53 Å². The van der Waals surface area contributed by atoms with Gasteiger partial charge in [-0.05, 0) is 42.2 Å². The molecule has 0 atom stereocenters. The number of aliphatic imine (C=N–C) groups is 1. The molecule has 0 fully saturated rings. The fourth-order valence-electron chi connectivity index (χ4n) is 2.94. The van der Waals surface area contributed by atoms with Gasteiger partial charge in [-0.3, -0.25) is 4.79 Å². The van der Waals surface area contributed by atoms with Crippen molar-refractivity contribution in [1.29, 1.82) is 0 Å². The monoisotopic (exact) mass is 396 g/mol. The number of hydrogen-bond acceptors (Lipinski definition) is 3. The summed E-state index contributed by atoms with van der Waals surface area (Å²) in [5.74, 6) is 0.801. The molecule has 1 amide bonds. The van der Waals surface area contributed by atoms with Crippen LogP contribution in [0.1, 0.15) is 34.0 Å². The number of benzene rings is 2. The summed E-state index contributed by atoms with van der Waals surface area (Å²) in [6.45, 7) is 4.77. The lowest BCUT2D eigenvalue weighted by molar-refractivity contribution is 0.0827. The lowest BCUT2D eigenvalue weighted by Gasteiger charge is -2.13. The summed E-state index contributed by atoms with van der Waals surface area (Å²) >= 11 is 0. The highest BCUT2D eigenvalue weighted by Crippen LogP contribution is 2.09. The molecule has 0 heterocycles. The van der Waals surface area contributed by atoms with Crippen LogP contribution in [0.5, 0.6) is 0 Å². The molecule has 0 aliphatic rings. The predicted octanol–water partition coefficient (Wildman–Crippen LogP) is 2.83. The number of nitrogens with one attached hydrogen (secondary N) is 2. The molecule has 0 radical (unpaired) electrons. The van der Waals surface area contributed by atoms with Crippen molar-refractivity contribution in [2.45, 2.75) is 26.5 Å². The quantitative estimate of drug-likeness (QED) is 0.505. The van der Waals surface area contributed by atoms with Crippen molar-refractivity contribution in [2.75, 3.05) is 34.3 Å². The Bertz CT molecular complexity index is 818. The van der Waals surface area contributed by atoms with E-state index < -0.39 is 0 Å². The van der Waals surface area contributed by atoms with Crippen LogP contribution in [0.4, 0.5) is 0 Å². The topological polar surface area (TPSA) is 66.0 Å². The molecule has 0 aliphatic carbocycles. The number of hydrogen-bond donors (Lipinski definition) is 2. The minimum Gasteiger partial charge on any atom is -0.380 e. The summed E-state index contributed by atoms with van der Waals surface area (Å²) in [7, 11) is 5.23. The molecule has 0 unspecified atom stereocenters. The van der Waals surface area contributed by atoms with Gasteiger partial charge < -0.3 is 20.3 Å². The van der Waals surface area contributed by atoms with Gasteiger partial charge in [0.2, 0.25) is 0 Å². The van der Waals surface area contributed by atoms with Crippen LogP contribution in [0.25, 0.3) is 0 Å². The van der Waals surface area contributed by atoms with Crippen LogP contribution in [-0.2, 0) is 24.3 Å². The van der Waals surface area contributed by atoms with Crippen molar-refractivity contribution in [3.05, 3.63) is 70.8 Å². The molecule has 156 valence electrons. The fraction of sp³-hybridized carbons (Fsp3) is 0.391. The minimum atomic E-state index is 0.0189. The number of amides is 1. The lowest BCUT2D eigenvalue weighted by Crippen LogP contribution is -2.38. The van der Waals surface area contributed by atoms with Crippen LogP contribution in [-0.4, -0.2) is 51.1 Å². The molecule has 2 aromatic carbocycles. The third-order valence-corrected chi connectivity index (χ3v) is 4.35. The molecule has 29 heavy (non-hydrogen) atoms. The maximum Gasteiger partial charge on any atom is 0.253 e. The van der Waals surface area contributed by atoms with E-state index in [1.165, 1.54) is 0 Å². The normalized spacial score (nSPS) is 11.2. The average Bonchev–Trinajstić information content (AvgIpc) is 2.72. The van der Waals surface area contributed by atoms with Crippen LogP contribution in [0, 0.1) is 0 Å². The summed E-state index contributed by atoms with van der Waals surface area (Å²) < 4.78 is 5.19. The highest BCUT2D eigenvalue weighted by Gasteiger charge is 2.08. The maximum absolute atomic E-state index is 12.1. The molecule has 0 saturated carbocycles. The zero-order chi connectivity index (χ0) is 21.1. The van der Waals surface area contributed by atoms with Crippen LogP contribution in [0.2, 0.25) is 0 Å². The van der Waals surface area contributed by atoms with Crippen LogP contribution < -0.4 is 10.6 Å². The number of guanidine groups is 1. The molecule has 6 heteroatoms. The molecular weight excluding hydrogens is 364 g/mol. The highest BCUT2D eigenvalue weighted by atomic mass is 16.5. The fourth-order valence-corrected chi connectivity index (χ4v) is 2.94. The lowest BCUT2D eigenvalue weighted by atomic mass is 10.1. The Labute approximate surface area is 174 Å². The SMILES string of the molecule is CCNC(=NCc1cccc(COC)c1)NCCc1cccc(C(=O)N(C)C)c1. The van der Waals surface area contributed by atoms with E-state index >= 15 is 0 Å². The van der Waals surface area contributed by atoms with Gasteiger partial charge in [0.25, 0.3) is 5.91 Å². The summed E-state index contributed by atoms with van der Waals surface area (Å²) in [6, 6.07) is 16.0. The van der Waals surface area contributed by atoms with Gasteiger partial charge in [0.05, 0.1) is 13.2 Å². The van der Waals surface area contributed by atoms with Gasteiger partial charge in [-0.2, -0.15) is 0 Å². The number of carbonyl (C=O) groups excluding carboxylic acids is 1. The Hall–Kier alpha value is -2.86. The first-order valence-corrected chi connectivity index (χ1v) is 9.93. The van der Waals surface area contributed by atoms with E-state index in [1.54, 1.807) is 26.1 Å². The number of ether oxygens (including phenoxy) is 1. The van der Waals surface area contributed by atoms with Gasteiger partial charge in [0.15, 0.2) is 5.96 Å². The second-order valence-electron chi connectivity index (χ2n) is 7.02. The first-order valence-electron chi connectivity index (χ1n) is 9.93. The van der Waals surface area contributed by atoms with Crippen molar-refractivity contribution in [1.82, 2.24) is 15.5 Å². The number of methoxy groups -OCH3 is 1. The molecule has 0 saturated heterocycles. The standard InChI is InChI=1S/C23H32N4O2/c1-5-24-23(26-16-19-9-6-10-20(14-19)17-29-4)25-13-12-18-8-7-11-21(15-18)22(28)27(2)3/h6-11,14-15H,5,12-13,16-17H2,1-4H3,(H2,24,25,26). The van der Waals surface area contributed by atoms with Crippen LogP contribution >= 0.6 is 0 Å². The molecule has 0 bridgehead atoms. The summed E-state index contributed by atoms with van der Waals surface area (Å²) in [5, 5.41) is 6.65. The molecule has 2 rings (SSSR count). The zero-order valence-corrected chi connectivity index (χ0v) is 17.9. The first kappa shape index (κ1) is 22.4. The molecule has 2 aromatic rings. The number of rotatable bonds is 9. The first-order chi connectivity index (χ1) is 14.0. The Morgan fingerprint density at radius 1 is 1.03 bits per heavy atom. The Morgan fingerprint density at radius 2 is 1.76 bits per heavy atom. The Kier molecular flexibility index (Phi) is 9.18. The van der Waals surface area contributed by atoms with Crippen LogP contribution in [0.3, 0.4) is 0 Å². The van der Waals surface area contributed by atoms with E-state index in [0.29, 0.717) is 18.7 Å².